The fourth-order valence-corrected chi connectivity index (χ4v) is 6.06. The van der Waals surface area contributed by atoms with E-state index in [2.05, 4.69) is 17.4 Å². The Hall–Kier alpha value is -2.67. The Kier molecular flexibility index (Phi) is 5.08. The molecule has 7 heteroatoms. The SMILES string of the molecule is C[C@@]1(C2CCN(C(=O)Cc3ccsc3)CC2)NC(=O)N(C2Cc3ccccc3C2)C1=O. The molecule has 1 aliphatic carbocycles. The van der Waals surface area contributed by atoms with Gasteiger partial charge in [0.1, 0.15) is 5.54 Å². The Morgan fingerprint density at radius 3 is 2.42 bits per heavy atom. The van der Waals surface area contributed by atoms with E-state index in [-0.39, 0.29) is 29.8 Å². The van der Waals surface area contributed by atoms with Crippen molar-refractivity contribution in [2.75, 3.05) is 13.1 Å². The van der Waals surface area contributed by atoms with Crippen molar-refractivity contribution in [2.45, 2.75) is 50.6 Å². The number of hydrogen-bond acceptors (Lipinski definition) is 4. The zero-order valence-corrected chi connectivity index (χ0v) is 18.5. The maximum absolute atomic E-state index is 13.5. The standard InChI is InChI=1S/C24H27N3O3S/c1-24(19-6-9-26(10-7-19)21(28)12-16-8-11-31-15-16)22(29)27(23(30)25-24)20-13-17-4-2-3-5-18(17)14-20/h2-5,8,11,15,19-20H,6-7,9-10,12-14H2,1H3,(H,25,30)/t24-/m0/s1. The summed E-state index contributed by atoms with van der Waals surface area (Å²) in [4.78, 5) is 42.3. The lowest BCUT2D eigenvalue weighted by molar-refractivity contribution is -0.136. The van der Waals surface area contributed by atoms with Crippen LogP contribution in [0, 0.1) is 5.92 Å². The van der Waals surface area contributed by atoms with E-state index in [1.807, 2.05) is 40.8 Å². The lowest BCUT2D eigenvalue weighted by Crippen LogP contribution is -2.55. The first kappa shape index (κ1) is 20.2. The number of piperidine rings is 1. The van der Waals surface area contributed by atoms with Crippen LogP contribution < -0.4 is 5.32 Å². The van der Waals surface area contributed by atoms with Gasteiger partial charge in [-0.3, -0.25) is 14.5 Å². The van der Waals surface area contributed by atoms with Crippen LogP contribution in [0.1, 0.15) is 36.5 Å². The summed E-state index contributed by atoms with van der Waals surface area (Å²) < 4.78 is 0. The van der Waals surface area contributed by atoms with Gasteiger partial charge in [-0.25, -0.2) is 4.79 Å². The number of amides is 4. The van der Waals surface area contributed by atoms with Crippen molar-refractivity contribution in [3.8, 4) is 0 Å². The van der Waals surface area contributed by atoms with E-state index in [9.17, 15) is 14.4 Å². The minimum absolute atomic E-state index is 0.0305. The fraction of sp³-hybridized carbons (Fsp3) is 0.458. The number of imide groups is 1. The number of thiophene rings is 1. The van der Waals surface area contributed by atoms with E-state index in [1.54, 1.807) is 11.3 Å². The van der Waals surface area contributed by atoms with Gasteiger partial charge >= 0.3 is 6.03 Å². The van der Waals surface area contributed by atoms with Gasteiger partial charge in [-0.2, -0.15) is 11.3 Å². The number of nitrogens with one attached hydrogen (secondary N) is 1. The van der Waals surface area contributed by atoms with Gasteiger partial charge in [0.05, 0.1) is 6.42 Å². The molecule has 2 aliphatic heterocycles. The van der Waals surface area contributed by atoms with Crippen LogP contribution in [0.2, 0.25) is 0 Å². The van der Waals surface area contributed by atoms with Crippen molar-refractivity contribution in [3.63, 3.8) is 0 Å². The number of benzene rings is 1. The van der Waals surface area contributed by atoms with Gasteiger partial charge in [-0.1, -0.05) is 24.3 Å². The highest BCUT2D eigenvalue weighted by molar-refractivity contribution is 7.08. The lowest BCUT2D eigenvalue weighted by atomic mass is 9.78. The number of carbonyl (C=O) groups excluding carboxylic acids is 3. The first-order valence-electron chi connectivity index (χ1n) is 11.0. The topological polar surface area (TPSA) is 69.7 Å². The van der Waals surface area contributed by atoms with Gasteiger partial charge in [0.15, 0.2) is 0 Å². The number of nitrogens with zero attached hydrogens (tertiary/aromatic N) is 2. The van der Waals surface area contributed by atoms with E-state index in [1.165, 1.54) is 16.0 Å². The highest BCUT2D eigenvalue weighted by atomic mass is 32.1. The molecule has 1 atom stereocenters. The fourth-order valence-electron chi connectivity index (χ4n) is 5.39. The minimum atomic E-state index is -0.894. The van der Waals surface area contributed by atoms with Gasteiger partial charge in [0, 0.05) is 19.1 Å². The van der Waals surface area contributed by atoms with Crippen LogP contribution in [0.25, 0.3) is 0 Å². The van der Waals surface area contributed by atoms with Gasteiger partial charge < -0.3 is 10.2 Å². The van der Waals surface area contributed by atoms with E-state index >= 15 is 0 Å². The van der Waals surface area contributed by atoms with Crippen LogP contribution in [-0.2, 0) is 28.9 Å². The molecule has 0 unspecified atom stereocenters. The number of carbonyl (C=O) groups is 3. The number of fused-ring (bicyclic) bond motifs is 1. The summed E-state index contributed by atoms with van der Waals surface area (Å²) in [7, 11) is 0. The van der Waals surface area contributed by atoms with Crippen molar-refractivity contribution in [1.82, 2.24) is 15.1 Å². The molecule has 6 nitrogen and oxygen atoms in total. The summed E-state index contributed by atoms with van der Waals surface area (Å²) in [6.07, 6.45) is 3.31. The Morgan fingerprint density at radius 1 is 1.13 bits per heavy atom. The van der Waals surface area contributed by atoms with E-state index in [0.29, 0.717) is 19.5 Å². The first-order valence-corrected chi connectivity index (χ1v) is 11.9. The van der Waals surface area contributed by atoms with Gasteiger partial charge in [0.2, 0.25) is 5.91 Å². The number of rotatable bonds is 4. The summed E-state index contributed by atoms with van der Waals surface area (Å²) in [5.74, 6) is 0.0513. The summed E-state index contributed by atoms with van der Waals surface area (Å²) in [6, 6.07) is 9.76. The molecule has 4 amide bonds. The molecule has 162 valence electrons. The molecule has 5 rings (SSSR count). The second-order valence-corrected chi connectivity index (χ2v) is 9.88. The Bertz CT molecular complexity index is 988. The van der Waals surface area contributed by atoms with Gasteiger partial charge in [-0.15, -0.1) is 0 Å². The zero-order chi connectivity index (χ0) is 21.6. The van der Waals surface area contributed by atoms with Crippen LogP contribution >= 0.6 is 11.3 Å². The summed E-state index contributed by atoms with van der Waals surface area (Å²) >= 11 is 1.60. The molecule has 3 aliphatic rings. The van der Waals surface area contributed by atoms with Gasteiger partial charge in [0.25, 0.3) is 5.91 Å². The molecular weight excluding hydrogens is 410 g/mol. The molecule has 0 spiro atoms. The predicted octanol–water partition coefficient (Wildman–Crippen LogP) is 3.01. The van der Waals surface area contributed by atoms with E-state index < -0.39 is 5.54 Å². The van der Waals surface area contributed by atoms with Crippen molar-refractivity contribution in [2.24, 2.45) is 5.92 Å². The van der Waals surface area contributed by atoms with Crippen molar-refractivity contribution in [3.05, 3.63) is 57.8 Å². The smallest absolute Gasteiger partial charge is 0.325 e. The third-order valence-corrected chi connectivity index (χ3v) is 7.97. The van der Waals surface area contributed by atoms with Crippen molar-refractivity contribution in [1.29, 1.82) is 0 Å². The summed E-state index contributed by atoms with van der Waals surface area (Å²) in [5, 5.41) is 7.01. The Balaban J connectivity index is 1.23. The van der Waals surface area contributed by atoms with E-state index in [0.717, 1.165) is 31.2 Å². The lowest BCUT2D eigenvalue weighted by Gasteiger charge is -2.39. The molecule has 2 saturated heterocycles. The second kappa shape index (κ2) is 7.79. The highest BCUT2D eigenvalue weighted by Gasteiger charge is 2.55. The van der Waals surface area contributed by atoms with Crippen LogP contribution in [-0.4, -0.2) is 52.3 Å². The largest absolute Gasteiger partial charge is 0.342 e. The van der Waals surface area contributed by atoms with Crippen molar-refractivity contribution >= 4 is 29.2 Å². The number of likely N-dealkylation sites (tertiary alicyclic amines) is 1. The average molecular weight is 438 g/mol. The molecule has 0 bridgehead atoms. The second-order valence-electron chi connectivity index (χ2n) is 9.10. The van der Waals surface area contributed by atoms with Crippen LogP contribution in [0.5, 0.6) is 0 Å². The molecule has 2 aromatic rings. The predicted molar refractivity (Wildman–Crippen MR) is 119 cm³/mol. The van der Waals surface area contributed by atoms with Crippen LogP contribution in [0.4, 0.5) is 4.79 Å². The maximum Gasteiger partial charge on any atom is 0.325 e. The number of hydrogen-bond donors (Lipinski definition) is 1. The summed E-state index contributed by atoms with van der Waals surface area (Å²) in [6.45, 7) is 3.12. The quantitative estimate of drug-likeness (QED) is 0.748. The minimum Gasteiger partial charge on any atom is -0.342 e. The van der Waals surface area contributed by atoms with Crippen LogP contribution in [0.15, 0.2) is 41.1 Å². The first-order chi connectivity index (χ1) is 15.0. The number of urea groups is 1. The maximum atomic E-state index is 13.5. The Morgan fingerprint density at radius 2 is 1.81 bits per heavy atom. The zero-order valence-electron chi connectivity index (χ0n) is 17.7. The molecule has 1 N–H and O–H groups in total. The molecule has 0 radical (unpaired) electrons. The van der Waals surface area contributed by atoms with E-state index in [4.69, 9.17) is 0 Å². The van der Waals surface area contributed by atoms with Gasteiger partial charge in [-0.05, 0) is 72.0 Å². The molecule has 31 heavy (non-hydrogen) atoms. The molecule has 0 saturated carbocycles. The Labute approximate surface area is 186 Å². The normalized spacial score (nSPS) is 24.5. The molecular formula is C24H27N3O3S. The molecule has 1 aromatic carbocycles. The average Bonchev–Trinajstić information content (AvgIpc) is 3.47. The van der Waals surface area contributed by atoms with Crippen LogP contribution in [0.3, 0.4) is 0 Å². The monoisotopic (exact) mass is 437 g/mol. The molecule has 3 heterocycles. The summed E-state index contributed by atoms with van der Waals surface area (Å²) in [5.41, 5.74) is 2.60. The highest BCUT2D eigenvalue weighted by Crippen LogP contribution is 2.36. The third-order valence-electron chi connectivity index (χ3n) is 7.24. The third kappa shape index (κ3) is 3.55. The van der Waals surface area contributed by atoms with Crippen molar-refractivity contribution < 1.29 is 14.4 Å². The molecule has 1 aromatic heterocycles. The molecule has 2 fully saturated rings.